The Balaban J connectivity index is 0. The first-order valence-corrected chi connectivity index (χ1v) is 2.30. The van der Waals surface area contributed by atoms with Gasteiger partial charge in [-0.25, -0.2) is 0 Å². The number of nitrogens with zero attached hydrogens (tertiary/aromatic N) is 1. The fourth-order valence-corrected chi connectivity index (χ4v) is 0.463. The van der Waals surface area contributed by atoms with Gasteiger partial charge in [0.2, 0.25) is 0 Å². The number of benzene rings is 1. The van der Waals surface area contributed by atoms with Crippen LogP contribution in [0.1, 0.15) is 5.56 Å². The zero-order valence-electron chi connectivity index (χ0n) is 5.37. The molecule has 0 N–H and O–H groups in total. The maximum Gasteiger partial charge on any atom is 0 e. The Labute approximate surface area is 79.2 Å². The maximum atomic E-state index is 8.26. The van der Waals surface area contributed by atoms with E-state index >= 15 is 0 Å². The Morgan fingerprint density at radius 3 is 2.40 bits per heavy atom. The van der Waals surface area contributed by atoms with Crippen LogP contribution < -0.4 is 0 Å². The first kappa shape index (κ1) is 12.3. The fourth-order valence-electron chi connectivity index (χ4n) is 0.463. The number of halogens is 1. The smallest absolute Gasteiger partial charge is 0 e. The van der Waals surface area contributed by atoms with Crippen LogP contribution in [0.3, 0.4) is 0 Å². The van der Waals surface area contributed by atoms with Crippen LogP contribution >= 0.6 is 12.4 Å². The van der Waals surface area contributed by atoms with Crippen molar-refractivity contribution in [2.45, 2.75) is 0 Å². The van der Waals surface area contributed by atoms with Crippen LogP contribution in [0.25, 0.3) is 0 Å². The summed E-state index contributed by atoms with van der Waals surface area (Å²) >= 11 is 0. The van der Waals surface area contributed by atoms with E-state index in [4.69, 9.17) is 5.26 Å². The Kier molecular flexibility index (Phi) is 8.30. The van der Waals surface area contributed by atoms with Gasteiger partial charge in [-0.3, -0.25) is 5.26 Å². The summed E-state index contributed by atoms with van der Waals surface area (Å²) < 4.78 is 0. The van der Waals surface area contributed by atoms with E-state index in [0.29, 0.717) is 5.56 Å². The first-order valence-electron chi connectivity index (χ1n) is 2.30. The molecular weight excluding hydrogens is 199 g/mol. The molecule has 10 heavy (non-hydrogen) atoms. The van der Waals surface area contributed by atoms with Crippen LogP contribution in [0.4, 0.5) is 0 Å². The van der Waals surface area contributed by atoms with Gasteiger partial charge in [-0.15, -0.1) is 42.7 Å². The molecule has 0 fully saturated rings. The second-order valence-corrected chi connectivity index (χ2v) is 1.39. The van der Waals surface area contributed by atoms with E-state index in [0.717, 1.165) is 0 Å². The van der Waals surface area contributed by atoms with Crippen molar-refractivity contribution in [3.63, 3.8) is 0 Å². The van der Waals surface area contributed by atoms with Crippen LogP contribution in [0, 0.1) is 17.4 Å². The van der Waals surface area contributed by atoms with Gasteiger partial charge in [0.25, 0.3) is 0 Å². The van der Waals surface area contributed by atoms with Gasteiger partial charge in [0, 0.05) is 19.5 Å². The van der Waals surface area contributed by atoms with Crippen molar-refractivity contribution in [2.75, 3.05) is 0 Å². The minimum absolute atomic E-state index is 0. The molecule has 0 bridgehead atoms. The number of rotatable bonds is 0. The zero-order chi connectivity index (χ0) is 5.82. The monoisotopic (exact) mass is 202 g/mol. The zero-order valence-corrected chi connectivity index (χ0v) is 9.16. The summed E-state index contributed by atoms with van der Waals surface area (Å²) in [4.78, 5) is 0. The molecule has 1 rings (SSSR count). The van der Waals surface area contributed by atoms with E-state index in [-0.39, 0.29) is 31.9 Å². The van der Waals surface area contributed by atoms with E-state index < -0.39 is 0 Å². The molecule has 1 aromatic rings. The third kappa shape index (κ3) is 3.61. The minimum Gasteiger partial charge on any atom is -0.262 e. The molecule has 0 atom stereocenters. The first-order chi connectivity index (χ1) is 3.93. The van der Waals surface area contributed by atoms with Crippen molar-refractivity contribution in [2.24, 2.45) is 0 Å². The molecule has 48 valence electrons. The Hall–Kier alpha value is -0.377. The molecule has 0 aliphatic carbocycles. The molecular formula is C7H5ClNZn-. The molecule has 0 aliphatic rings. The van der Waals surface area contributed by atoms with E-state index in [2.05, 4.69) is 6.07 Å². The maximum absolute atomic E-state index is 8.26. The fraction of sp³-hybridized carbons (Fsp3) is 0. The van der Waals surface area contributed by atoms with Crippen LogP contribution in [0.5, 0.6) is 0 Å². The van der Waals surface area contributed by atoms with Gasteiger partial charge in [-0.05, 0) is 6.07 Å². The third-order valence-electron chi connectivity index (χ3n) is 0.830. The van der Waals surface area contributed by atoms with E-state index in [9.17, 15) is 0 Å². The van der Waals surface area contributed by atoms with Crippen molar-refractivity contribution >= 4 is 12.4 Å². The second kappa shape index (κ2) is 6.74. The Morgan fingerprint density at radius 2 is 2.10 bits per heavy atom. The van der Waals surface area contributed by atoms with Crippen molar-refractivity contribution in [3.05, 3.63) is 35.9 Å². The normalized spacial score (nSPS) is 6.30. The van der Waals surface area contributed by atoms with Gasteiger partial charge < -0.3 is 0 Å². The predicted molar refractivity (Wildman–Crippen MR) is 37.2 cm³/mol. The van der Waals surface area contributed by atoms with Gasteiger partial charge >= 0.3 is 0 Å². The molecule has 0 unspecified atom stereocenters. The number of hydrogen-bond acceptors (Lipinski definition) is 1. The van der Waals surface area contributed by atoms with E-state index in [1.54, 1.807) is 12.1 Å². The molecule has 0 radical (unpaired) electrons. The summed E-state index contributed by atoms with van der Waals surface area (Å²) in [5.74, 6) is 0. The molecule has 0 aliphatic heterocycles. The average Bonchev–Trinajstić information content (AvgIpc) is 1.90. The Morgan fingerprint density at radius 1 is 1.40 bits per heavy atom. The second-order valence-electron chi connectivity index (χ2n) is 1.39. The summed E-state index contributed by atoms with van der Waals surface area (Å²) in [5, 5.41) is 8.26. The minimum atomic E-state index is 0. The van der Waals surface area contributed by atoms with Crippen LogP contribution in [-0.2, 0) is 19.5 Å². The van der Waals surface area contributed by atoms with E-state index in [1.165, 1.54) is 0 Å². The van der Waals surface area contributed by atoms with Gasteiger partial charge in [0.15, 0.2) is 0 Å². The molecule has 1 nitrogen and oxygen atoms in total. The van der Waals surface area contributed by atoms with Crippen LogP contribution in [0.2, 0.25) is 0 Å². The number of hydrogen-bond donors (Lipinski definition) is 0. The van der Waals surface area contributed by atoms with Crippen molar-refractivity contribution in [1.29, 1.82) is 5.26 Å². The quantitative estimate of drug-likeness (QED) is 0.466. The van der Waals surface area contributed by atoms with Crippen molar-refractivity contribution < 1.29 is 19.5 Å². The summed E-state index contributed by atoms with van der Waals surface area (Å²) in [5.41, 5.74) is 0.590. The van der Waals surface area contributed by atoms with E-state index in [1.807, 2.05) is 18.2 Å². The van der Waals surface area contributed by atoms with Crippen molar-refractivity contribution in [3.8, 4) is 6.07 Å². The molecule has 0 saturated carbocycles. The summed E-state index contributed by atoms with van der Waals surface area (Å²) in [6, 6.07) is 11.8. The summed E-state index contributed by atoms with van der Waals surface area (Å²) in [7, 11) is 0. The Bertz CT molecular complexity index is 205. The average molecular weight is 204 g/mol. The molecule has 0 spiro atoms. The topological polar surface area (TPSA) is 23.8 Å². The largest absolute Gasteiger partial charge is 0.262 e. The molecule has 0 aromatic heterocycles. The SMILES string of the molecule is Cl.N#Cc1[c-]cccc1.[Zn]. The summed E-state index contributed by atoms with van der Waals surface area (Å²) in [6.07, 6.45) is 0. The third-order valence-corrected chi connectivity index (χ3v) is 0.830. The number of nitriles is 1. The van der Waals surface area contributed by atoms with Gasteiger partial charge in [-0.2, -0.15) is 0 Å². The molecule has 0 saturated heterocycles. The molecule has 1 aromatic carbocycles. The molecule has 0 heterocycles. The molecule has 0 amide bonds. The van der Waals surface area contributed by atoms with Crippen molar-refractivity contribution in [1.82, 2.24) is 0 Å². The summed E-state index contributed by atoms with van der Waals surface area (Å²) in [6.45, 7) is 0. The van der Waals surface area contributed by atoms with Gasteiger partial charge in [0.1, 0.15) is 0 Å². The van der Waals surface area contributed by atoms with Gasteiger partial charge in [0.05, 0.1) is 0 Å². The van der Waals surface area contributed by atoms with Crippen LogP contribution in [0.15, 0.2) is 24.3 Å². The molecule has 3 heteroatoms. The van der Waals surface area contributed by atoms with Crippen LogP contribution in [-0.4, -0.2) is 0 Å². The predicted octanol–water partition coefficient (Wildman–Crippen LogP) is 1.78. The van der Waals surface area contributed by atoms with Gasteiger partial charge in [-0.1, -0.05) is 5.56 Å². The standard InChI is InChI=1S/C7H4N.ClH.Zn/c8-6-7-4-2-1-3-5-7;;/h1-4H;1H;/q-1;;.